The second-order valence-corrected chi connectivity index (χ2v) is 5.67. The third kappa shape index (κ3) is 3.24. The molecule has 3 heteroatoms. The van der Waals surface area contributed by atoms with Gasteiger partial charge < -0.3 is 4.74 Å². The molecule has 102 valence electrons. The van der Waals surface area contributed by atoms with Gasteiger partial charge in [-0.1, -0.05) is 40.2 Å². The van der Waals surface area contributed by atoms with Crippen LogP contribution in [0, 0.1) is 11.3 Å². The maximum absolute atomic E-state index is 8.89. The summed E-state index contributed by atoms with van der Waals surface area (Å²) in [5, 5.41) is 11.2. The summed E-state index contributed by atoms with van der Waals surface area (Å²) in [5.74, 6) is 0.826. The first-order valence-corrected chi connectivity index (χ1v) is 7.35. The summed E-state index contributed by atoms with van der Waals surface area (Å²) in [6.45, 7) is 0.456. The van der Waals surface area contributed by atoms with E-state index in [0.717, 1.165) is 21.2 Å². The fraction of sp³-hybridized carbons (Fsp3) is 0.0556. The summed E-state index contributed by atoms with van der Waals surface area (Å²) in [7, 11) is 0. The molecule has 0 radical (unpaired) electrons. The third-order valence-electron chi connectivity index (χ3n) is 3.24. The fourth-order valence-corrected chi connectivity index (χ4v) is 2.56. The summed E-state index contributed by atoms with van der Waals surface area (Å²) in [4.78, 5) is 0. The van der Waals surface area contributed by atoms with E-state index in [2.05, 4.69) is 34.1 Å². The Morgan fingerprint density at radius 3 is 2.62 bits per heavy atom. The van der Waals surface area contributed by atoms with Crippen molar-refractivity contribution in [1.29, 1.82) is 5.26 Å². The molecule has 0 aliphatic carbocycles. The zero-order chi connectivity index (χ0) is 14.7. The number of hydrogen-bond donors (Lipinski definition) is 0. The number of ether oxygens (including phenoxy) is 1. The van der Waals surface area contributed by atoms with Crippen molar-refractivity contribution < 1.29 is 4.74 Å². The molecule has 0 bridgehead atoms. The van der Waals surface area contributed by atoms with Crippen molar-refractivity contribution >= 4 is 26.7 Å². The lowest BCUT2D eigenvalue weighted by molar-refractivity contribution is 0.306. The van der Waals surface area contributed by atoms with Crippen LogP contribution in [0.1, 0.15) is 11.1 Å². The zero-order valence-electron chi connectivity index (χ0n) is 11.2. The molecule has 3 aromatic rings. The van der Waals surface area contributed by atoms with E-state index in [9.17, 15) is 0 Å². The summed E-state index contributed by atoms with van der Waals surface area (Å²) < 4.78 is 6.88. The summed E-state index contributed by atoms with van der Waals surface area (Å²) >= 11 is 3.47. The van der Waals surface area contributed by atoms with E-state index in [-0.39, 0.29) is 0 Å². The van der Waals surface area contributed by atoms with Crippen LogP contribution in [0.2, 0.25) is 0 Å². The molecule has 21 heavy (non-hydrogen) atoms. The van der Waals surface area contributed by atoms with E-state index in [1.807, 2.05) is 42.5 Å². The van der Waals surface area contributed by atoms with Gasteiger partial charge in [-0.05, 0) is 52.7 Å². The number of hydrogen-bond acceptors (Lipinski definition) is 2. The molecule has 0 spiro atoms. The van der Waals surface area contributed by atoms with Crippen LogP contribution >= 0.6 is 15.9 Å². The van der Waals surface area contributed by atoms with Gasteiger partial charge in [-0.25, -0.2) is 0 Å². The maximum Gasteiger partial charge on any atom is 0.120 e. The highest BCUT2D eigenvalue weighted by molar-refractivity contribution is 9.10. The summed E-state index contributed by atoms with van der Waals surface area (Å²) in [6.07, 6.45) is 0. The smallest absolute Gasteiger partial charge is 0.120 e. The molecule has 3 aromatic carbocycles. The van der Waals surface area contributed by atoms with Crippen LogP contribution < -0.4 is 4.74 Å². The second kappa shape index (κ2) is 5.99. The summed E-state index contributed by atoms with van der Waals surface area (Å²) in [5.41, 5.74) is 1.64. The molecule has 0 atom stereocenters. The Hall–Kier alpha value is -2.31. The zero-order valence-corrected chi connectivity index (χ0v) is 12.8. The molecule has 0 saturated carbocycles. The van der Waals surface area contributed by atoms with E-state index in [0.29, 0.717) is 12.2 Å². The topological polar surface area (TPSA) is 33.0 Å². The minimum Gasteiger partial charge on any atom is -0.489 e. The Morgan fingerprint density at radius 1 is 0.952 bits per heavy atom. The highest BCUT2D eigenvalue weighted by Crippen LogP contribution is 2.24. The van der Waals surface area contributed by atoms with Gasteiger partial charge in [0.05, 0.1) is 11.6 Å². The first-order valence-electron chi connectivity index (χ1n) is 6.56. The third-order valence-corrected chi connectivity index (χ3v) is 3.73. The molecule has 0 aliphatic heterocycles. The van der Waals surface area contributed by atoms with Crippen molar-refractivity contribution in [3.8, 4) is 11.8 Å². The van der Waals surface area contributed by atoms with Crippen molar-refractivity contribution in [2.45, 2.75) is 6.61 Å². The van der Waals surface area contributed by atoms with Gasteiger partial charge in [0.15, 0.2) is 0 Å². The van der Waals surface area contributed by atoms with Gasteiger partial charge >= 0.3 is 0 Å². The highest BCUT2D eigenvalue weighted by Gasteiger charge is 2.00. The number of rotatable bonds is 3. The molecule has 0 fully saturated rings. The van der Waals surface area contributed by atoms with Gasteiger partial charge in [0.2, 0.25) is 0 Å². The monoisotopic (exact) mass is 337 g/mol. The Morgan fingerprint density at radius 2 is 1.76 bits per heavy atom. The predicted octanol–water partition coefficient (Wildman–Crippen LogP) is 5.05. The van der Waals surface area contributed by atoms with E-state index in [4.69, 9.17) is 10.00 Å². The van der Waals surface area contributed by atoms with E-state index >= 15 is 0 Å². The van der Waals surface area contributed by atoms with Crippen LogP contribution in [0.15, 0.2) is 65.1 Å². The molecular weight excluding hydrogens is 326 g/mol. The molecule has 2 nitrogen and oxygen atoms in total. The average Bonchev–Trinajstić information content (AvgIpc) is 2.53. The van der Waals surface area contributed by atoms with E-state index < -0.39 is 0 Å². The first kappa shape index (κ1) is 13.7. The molecule has 3 rings (SSSR count). The molecule has 0 aromatic heterocycles. The lowest BCUT2D eigenvalue weighted by Gasteiger charge is -2.08. The van der Waals surface area contributed by atoms with Gasteiger partial charge in [0.1, 0.15) is 12.4 Å². The van der Waals surface area contributed by atoms with Crippen molar-refractivity contribution in [1.82, 2.24) is 0 Å². The molecule has 0 N–H and O–H groups in total. The Labute approximate surface area is 131 Å². The van der Waals surface area contributed by atoms with Crippen molar-refractivity contribution in [3.05, 3.63) is 76.3 Å². The van der Waals surface area contributed by atoms with Gasteiger partial charge in [0.25, 0.3) is 0 Å². The number of nitriles is 1. The minimum absolute atomic E-state index is 0.456. The van der Waals surface area contributed by atoms with E-state index in [1.54, 1.807) is 6.07 Å². The van der Waals surface area contributed by atoms with Crippen LogP contribution in [-0.4, -0.2) is 0 Å². The summed E-state index contributed by atoms with van der Waals surface area (Å²) in [6, 6.07) is 21.8. The van der Waals surface area contributed by atoms with Crippen LogP contribution in [-0.2, 0) is 6.61 Å². The van der Waals surface area contributed by atoms with E-state index in [1.165, 1.54) is 5.39 Å². The van der Waals surface area contributed by atoms with Crippen molar-refractivity contribution in [2.24, 2.45) is 0 Å². The number of nitrogens with zero attached hydrogens (tertiary/aromatic N) is 1. The standard InChI is InChI=1S/C18H12BrNO/c19-17-6-4-16-10-18(7-5-15(16)9-17)21-12-14-3-1-2-13(8-14)11-20/h1-10H,12H2. The average molecular weight is 338 g/mol. The lowest BCUT2D eigenvalue weighted by Crippen LogP contribution is -1.95. The second-order valence-electron chi connectivity index (χ2n) is 4.75. The van der Waals surface area contributed by atoms with Gasteiger partial charge in [0, 0.05) is 4.47 Å². The Bertz CT molecular complexity index is 836. The Balaban J connectivity index is 1.78. The minimum atomic E-state index is 0.456. The number of fused-ring (bicyclic) bond motifs is 1. The molecule has 0 heterocycles. The quantitative estimate of drug-likeness (QED) is 0.669. The first-order chi connectivity index (χ1) is 10.2. The van der Waals surface area contributed by atoms with Gasteiger partial charge in [-0.2, -0.15) is 5.26 Å². The van der Waals surface area contributed by atoms with Gasteiger partial charge in [-0.3, -0.25) is 0 Å². The maximum atomic E-state index is 8.89. The predicted molar refractivity (Wildman–Crippen MR) is 87.1 cm³/mol. The van der Waals surface area contributed by atoms with Crippen LogP contribution in [0.25, 0.3) is 10.8 Å². The van der Waals surface area contributed by atoms with Crippen molar-refractivity contribution in [2.75, 3.05) is 0 Å². The number of benzene rings is 3. The fourth-order valence-electron chi connectivity index (χ4n) is 2.18. The Kier molecular flexibility index (Phi) is 3.89. The molecule has 0 saturated heterocycles. The van der Waals surface area contributed by atoms with Crippen LogP contribution in [0.5, 0.6) is 5.75 Å². The largest absolute Gasteiger partial charge is 0.489 e. The molecule has 0 unspecified atom stereocenters. The molecular formula is C18H12BrNO. The van der Waals surface area contributed by atoms with Crippen LogP contribution in [0.4, 0.5) is 0 Å². The molecule has 0 aliphatic rings. The van der Waals surface area contributed by atoms with Crippen molar-refractivity contribution in [3.63, 3.8) is 0 Å². The highest BCUT2D eigenvalue weighted by atomic mass is 79.9. The van der Waals surface area contributed by atoms with Gasteiger partial charge in [-0.15, -0.1) is 0 Å². The SMILES string of the molecule is N#Cc1cccc(COc2ccc3cc(Br)ccc3c2)c1. The molecule has 0 amide bonds. The number of halogens is 1. The van der Waals surface area contributed by atoms with Crippen LogP contribution in [0.3, 0.4) is 0 Å². The lowest BCUT2D eigenvalue weighted by atomic mass is 10.1. The normalized spacial score (nSPS) is 10.3.